The third-order valence-corrected chi connectivity index (χ3v) is 4.62. The molecule has 3 rings (SSSR count). The van der Waals surface area contributed by atoms with E-state index in [2.05, 4.69) is 25.9 Å². The van der Waals surface area contributed by atoms with E-state index in [0.29, 0.717) is 18.7 Å². The van der Waals surface area contributed by atoms with Crippen LogP contribution in [0.1, 0.15) is 24.0 Å². The van der Waals surface area contributed by atoms with E-state index in [1.54, 1.807) is 17.3 Å². The first-order chi connectivity index (χ1) is 12.8. The second kappa shape index (κ2) is 8.24. The summed E-state index contributed by atoms with van der Waals surface area (Å²) < 4.78 is 44.9. The first kappa shape index (κ1) is 19.6. The average Bonchev–Trinajstić information content (AvgIpc) is 2.63. The number of hydrogen-bond acceptors (Lipinski definition) is 4. The van der Waals surface area contributed by atoms with Crippen molar-refractivity contribution in [2.45, 2.75) is 31.5 Å². The molecule has 2 heterocycles. The summed E-state index contributed by atoms with van der Waals surface area (Å²) in [5.74, 6) is -0.223. The fraction of sp³-hybridized carbons (Fsp3) is 0.389. The van der Waals surface area contributed by atoms with Gasteiger partial charge in [-0.05, 0) is 40.4 Å². The van der Waals surface area contributed by atoms with Crippen molar-refractivity contribution in [1.82, 2.24) is 14.9 Å². The quantitative estimate of drug-likeness (QED) is 0.719. The Bertz CT molecular complexity index is 799. The van der Waals surface area contributed by atoms with Gasteiger partial charge >= 0.3 is 12.2 Å². The standard InChI is InChI=1S/C18H17BrF3N3O2/c19-14-9-23-17(24-10-14)27-15-5-2-6-25(11-15)16(26)8-12-3-1-4-13(7-12)18(20,21)22/h1,3-4,7,9-10,15H,2,5-6,8,11H2. The van der Waals surface area contributed by atoms with Crippen LogP contribution in [0.5, 0.6) is 6.01 Å². The van der Waals surface area contributed by atoms with Crippen LogP contribution in [0.4, 0.5) is 13.2 Å². The molecule has 144 valence electrons. The van der Waals surface area contributed by atoms with Crippen molar-refractivity contribution in [2.24, 2.45) is 0 Å². The molecule has 1 atom stereocenters. The van der Waals surface area contributed by atoms with Crippen molar-refractivity contribution in [1.29, 1.82) is 0 Å². The summed E-state index contributed by atoms with van der Waals surface area (Å²) >= 11 is 3.24. The largest absolute Gasteiger partial charge is 0.458 e. The molecule has 1 unspecified atom stereocenters. The molecule has 27 heavy (non-hydrogen) atoms. The van der Waals surface area contributed by atoms with E-state index in [-0.39, 0.29) is 24.4 Å². The molecule has 1 aliphatic heterocycles. The summed E-state index contributed by atoms with van der Waals surface area (Å²) in [6.07, 6.45) is -0.101. The molecule has 0 bridgehead atoms. The van der Waals surface area contributed by atoms with Crippen LogP contribution in [0, 0.1) is 0 Å². The summed E-state index contributed by atoms with van der Waals surface area (Å²) in [4.78, 5) is 22.2. The highest BCUT2D eigenvalue weighted by atomic mass is 79.9. The molecule has 0 aliphatic carbocycles. The predicted octanol–water partition coefficient (Wildman–Crippen LogP) is 3.87. The van der Waals surface area contributed by atoms with Crippen molar-refractivity contribution in [3.8, 4) is 6.01 Å². The number of hydrogen-bond donors (Lipinski definition) is 0. The molecular weight excluding hydrogens is 427 g/mol. The number of amides is 1. The molecule has 5 nitrogen and oxygen atoms in total. The molecule has 1 saturated heterocycles. The maximum Gasteiger partial charge on any atom is 0.416 e. The van der Waals surface area contributed by atoms with Crippen LogP contribution < -0.4 is 4.74 Å². The maximum absolute atomic E-state index is 12.8. The highest BCUT2D eigenvalue weighted by Gasteiger charge is 2.31. The van der Waals surface area contributed by atoms with E-state index in [0.717, 1.165) is 29.4 Å². The highest BCUT2D eigenvalue weighted by Crippen LogP contribution is 2.29. The Labute approximate surface area is 162 Å². The molecule has 0 saturated carbocycles. The number of benzene rings is 1. The van der Waals surface area contributed by atoms with Crippen molar-refractivity contribution < 1.29 is 22.7 Å². The first-order valence-electron chi connectivity index (χ1n) is 8.39. The van der Waals surface area contributed by atoms with Gasteiger partial charge in [-0.25, -0.2) is 9.97 Å². The van der Waals surface area contributed by atoms with Gasteiger partial charge in [-0.2, -0.15) is 13.2 Å². The molecule has 1 aromatic carbocycles. The van der Waals surface area contributed by atoms with Gasteiger partial charge in [-0.15, -0.1) is 0 Å². The molecule has 1 aliphatic rings. The van der Waals surface area contributed by atoms with Crippen molar-refractivity contribution >= 4 is 21.8 Å². The van der Waals surface area contributed by atoms with Gasteiger partial charge in [0.2, 0.25) is 5.91 Å². The lowest BCUT2D eigenvalue weighted by molar-refractivity contribution is -0.138. The molecule has 2 aromatic rings. The lowest BCUT2D eigenvalue weighted by atomic mass is 10.0. The molecule has 0 N–H and O–H groups in total. The monoisotopic (exact) mass is 443 g/mol. The van der Waals surface area contributed by atoms with E-state index in [1.807, 2.05) is 0 Å². The third kappa shape index (κ3) is 5.41. The second-order valence-corrected chi connectivity index (χ2v) is 7.20. The summed E-state index contributed by atoms with van der Waals surface area (Å²) in [6, 6.07) is 5.09. The third-order valence-electron chi connectivity index (χ3n) is 4.21. The van der Waals surface area contributed by atoms with Gasteiger partial charge in [0, 0.05) is 18.9 Å². The zero-order chi connectivity index (χ0) is 19.4. The summed E-state index contributed by atoms with van der Waals surface area (Å²) in [7, 11) is 0. The summed E-state index contributed by atoms with van der Waals surface area (Å²) in [6.45, 7) is 0.913. The Hall–Kier alpha value is -2.16. The molecule has 1 aromatic heterocycles. The number of carbonyl (C=O) groups excluding carboxylic acids is 1. The number of ether oxygens (including phenoxy) is 1. The van der Waals surface area contributed by atoms with E-state index in [9.17, 15) is 18.0 Å². The smallest absolute Gasteiger partial charge is 0.416 e. The lowest BCUT2D eigenvalue weighted by Crippen LogP contribution is -2.45. The zero-order valence-corrected chi connectivity index (χ0v) is 15.8. The summed E-state index contributed by atoms with van der Waals surface area (Å²) in [5.41, 5.74) is -0.408. The number of alkyl halides is 3. The Kier molecular flexibility index (Phi) is 5.98. The summed E-state index contributed by atoms with van der Waals surface area (Å²) in [5, 5.41) is 0. The molecular formula is C18H17BrF3N3O2. The van der Waals surface area contributed by atoms with Crippen molar-refractivity contribution in [3.63, 3.8) is 0 Å². The Morgan fingerprint density at radius 3 is 2.74 bits per heavy atom. The van der Waals surface area contributed by atoms with Crippen LogP contribution in [-0.2, 0) is 17.4 Å². The van der Waals surface area contributed by atoms with E-state index < -0.39 is 11.7 Å². The number of aromatic nitrogens is 2. The van der Waals surface area contributed by atoms with Gasteiger partial charge in [0.15, 0.2) is 0 Å². The van der Waals surface area contributed by atoms with Gasteiger partial charge < -0.3 is 9.64 Å². The minimum Gasteiger partial charge on any atom is -0.458 e. The molecule has 1 amide bonds. The zero-order valence-electron chi connectivity index (χ0n) is 14.2. The van der Waals surface area contributed by atoms with Crippen LogP contribution in [0.15, 0.2) is 41.1 Å². The SMILES string of the molecule is O=C(Cc1cccc(C(F)(F)F)c1)N1CCCC(Oc2ncc(Br)cn2)C1. The van der Waals surface area contributed by atoms with Crippen molar-refractivity contribution in [2.75, 3.05) is 13.1 Å². The average molecular weight is 444 g/mol. The van der Waals surface area contributed by atoms with Gasteiger partial charge in [-0.1, -0.05) is 18.2 Å². The fourth-order valence-corrected chi connectivity index (χ4v) is 3.12. The predicted molar refractivity (Wildman–Crippen MR) is 95.1 cm³/mol. The van der Waals surface area contributed by atoms with Gasteiger partial charge in [-0.3, -0.25) is 4.79 Å². The Balaban J connectivity index is 1.60. The minimum absolute atomic E-state index is 0.0780. The van der Waals surface area contributed by atoms with Gasteiger partial charge in [0.05, 0.1) is 23.0 Å². The number of rotatable bonds is 4. The van der Waals surface area contributed by atoms with Gasteiger partial charge in [0.1, 0.15) is 6.10 Å². The number of carbonyl (C=O) groups is 1. The number of likely N-dealkylation sites (tertiary alicyclic amines) is 1. The van der Waals surface area contributed by atoms with Crippen LogP contribution in [0.25, 0.3) is 0 Å². The normalized spacial score (nSPS) is 17.6. The molecule has 1 fully saturated rings. The van der Waals surface area contributed by atoms with Crippen LogP contribution >= 0.6 is 15.9 Å². The van der Waals surface area contributed by atoms with Crippen LogP contribution in [0.2, 0.25) is 0 Å². The fourth-order valence-electron chi connectivity index (χ4n) is 2.92. The van der Waals surface area contributed by atoms with E-state index in [1.165, 1.54) is 12.1 Å². The molecule has 9 heteroatoms. The number of nitrogens with zero attached hydrogens (tertiary/aromatic N) is 3. The number of halogens is 4. The first-order valence-corrected chi connectivity index (χ1v) is 9.18. The van der Waals surface area contributed by atoms with Crippen LogP contribution in [0.3, 0.4) is 0 Å². The molecule has 0 spiro atoms. The topological polar surface area (TPSA) is 55.3 Å². The highest BCUT2D eigenvalue weighted by molar-refractivity contribution is 9.10. The van der Waals surface area contributed by atoms with E-state index in [4.69, 9.17) is 4.74 Å². The maximum atomic E-state index is 12.8. The Morgan fingerprint density at radius 2 is 2.04 bits per heavy atom. The van der Waals surface area contributed by atoms with E-state index >= 15 is 0 Å². The second-order valence-electron chi connectivity index (χ2n) is 6.28. The van der Waals surface area contributed by atoms with Crippen molar-refractivity contribution in [3.05, 3.63) is 52.3 Å². The van der Waals surface area contributed by atoms with Crippen LogP contribution in [-0.4, -0.2) is 40.0 Å². The minimum atomic E-state index is -4.42. The van der Waals surface area contributed by atoms with Gasteiger partial charge in [0.25, 0.3) is 0 Å². The molecule has 0 radical (unpaired) electrons. The number of piperidine rings is 1. The Morgan fingerprint density at radius 1 is 1.30 bits per heavy atom. The lowest BCUT2D eigenvalue weighted by Gasteiger charge is -2.32.